The smallest absolute Gasteiger partial charge is 0.305 e. The first-order valence-electron chi connectivity index (χ1n) is 27.7. The number of hydrogen-bond acceptors (Lipinski definition) is 5. The highest BCUT2D eigenvalue weighted by Gasteiger charge is 2.20. The van der Waals surface area contributed by atoms with Crippen molar-refractivity contribution in [1.82, 2.24) is 5.32 Å². The molecule has 0 bridgehead atoms. The maximum absolute atomic E-state index is 12.5. The second-order valence-corrected chi connectivity index (χ2v) is 18.9. The fourth-order valence-corrected chi connectivity index (χ4v) is 8.37. The van der Waals surface area contributed by atoms with Crippen molar-refractivity contribution >= 4 is 11.9 Å². The van der Waals surface area contributed by atoms with Gasteiger partial charge in [-0.05, 0) is 83.5 Å². The zero-order valence-corrected chi connectivity index (χ0v) is 42.1. The van der Waals surface area contributed by atoms with Crippen molar-refractivity contribution in [3.63, 3.8) is 0 Å². The molecule has 0 aromatic carbocycles. The van der Waals surface area contributed by atoms with Crippen LogP contribution >= 0.6 is 0 Å². The molecule has 0 aromatic heterocycles. The first-order chi connectivity index (χ1) is 31.0. The van der Waals surface area contributed by atoms with Gasteiger partial charge in [-0.2, -0.15) is 0 Å². The molecule has 6 nitrogen and oxygen atoms in total. The Balaban J connectivity index is 3.52. The van der Waals surface area contributed by atoms with Gasteiger partial charge < -0.3 is 20.3 Å². The molecular weight excluding hydrogens is 779 g/mol. The van der Waals surface area contributed by atoms with Gasteiger partial charge in [-0.3, -0.25) is 9.59 Å². The van der Waals surface area contributed by atoms with Crippen molar-refractivity contribution in [3.8, 4) is 0 Å². The van der Waals surface area contributed by atoms with Gasteiger partial charge in [-0.25, -0.2) is 0 Å². The lowest BCUT2D eigenvalue weighted by Crippen LogP contribution is -2.45. The number of carbonyl (C=O) groups excluding carboxylic acids is 2. The molecule has 0 aliphatic rings. The number of aliphatic hydroxyl groups is 2. The largest absolute Gasteiger partial charge is 0.466 e. The molecule has 0 heterocycles. The van der Waals surface area contributed by atoms with Crippen molar-refractivity contribution in [2.24, 2.45) is 0 Å². The highest BCUT2D eigenvalue weighted by Crippen LogP contribution is 2.17. The number of rotatable bonds is 51. The lowest BCUT2D eigenvalue weighted by molar-refractivity contribution is -0.143. The number of amides is 1. The van der Waals surface area contributed by atoms with Gasteiger partial charge in [0.25, 0.3) is 0 Å². The van der Waals surface area contributed by atoms with Gasteiger partial charge in [0.1, 0.15) is 0 Å². The van der Waals surface area contributed by atoms with Crippen molar-refractivity contribution in [3.05, 3.63) is 36.5 Å². The molecule has 0 aromatic rings. The van der Waals surface area contributed by atoms with Gasteiger partial charge in [0.15, 0.2) is 0 Å². The summed E-state index contributed by atoms with van der Waals surface area (Å²) in [6.07, 6.45) is 64.1. The fraction of sp³-hybridized carbons (Fsp3) is 0.860. The average molecular weight is 886 g/mol. The van der Waals surface area contributed by atoms with E-state index in [0.717, 1.165) is 96.3 Å². The van der Waals surface area contributed by atoms with Crippen LogP contribution in [0.5, 0.6) is 0 Å². The monoisotopic (exact) mass is 886 g/mol. The Morgan fingerprint density at radius 3 is 1.25 bits per heavy atom. The molecule has 0 aliphatic carbocycles. The van der Waals surface area contributed by atoms with Crippen LogP contribution in [0.4, 0.5) is 0 Å². The number of aliphatic hydroxyl groups excluding tert-OH is 2. The number of unbranched alkanes of at least 4 members (excludes halogenated alkanes) is 34. The fourth-order valence-electron chi connectivity index (χ4n) is 8.37. The van der Waals surface area contributed by atoms with E-state index in [0.29, 0.717) is 25.9 Å². The molecule has 0 saturated carbocycles. The summed E-state index contributed by atoms with van der Waals surface area (Å²) in [6.45, 7) is 4.85. The summed E-state index contributed by atoms with van der Waals surface area (Å²) in [7, 11) is 0. The van der Waals surface area contributed by atoms with Crippen LogP contribution in [0.15, 0.2) is 36.5 Å². The normalized spacial score (nSPS) is 12.9. The van der Waals surface area contributed by atoms with Gasteiger partial charge >= 0.3 is 5.97 Å². The van der Waals surface area contributed by atoms with E-state index < -0.39 is 12.1 Å². The van der Waals surface area contributed by atoms with E-state index >= 15 is 0 Å². The number of nitrogens with one attached hydrogen (secondary N) is 1. The molecule has 6 heteroatoms. The van der Waals surface area contributed by atoms with Gasteiger partial charge in [0.05, 0.1) is 25.4 Å². The molecule has 3 N–H and O–H groups in total. The molecule has 0 radical (unpaired) electrons. The number of esters is 1. The second kappa shape index (κ2) is 52.7. The predicted molar refractivity (Wildman–Crippen MR) is 273 cm³/mol. The average Bonchev–Trinajstić information content (AvgIpc) is 3.28. The molecule has 0 rings (SSSR count). The van der Waals surface area contributed by atoms with Crippen LogP contribution < -0.4 is 5.32 Å². The lowest BCUT2D eigenvalue weighted by atomic mass is 10.0. The van der Waals surface area contributed by atoms with Crippen LogP contribution in [0.3, 0.4) is 0 Å². The molecule has 1 amide bonds. The highest BCUT2D eigenvalue weighted by atomic mass is 16.5. The van der Waals surface area contributed by atoms with Crippen LogP contribution in [-0.2, 0) is 14.3 Å². The van der Waals surface area contributed by atoms with Crippen molar-refractivity contribution in [1.29, 1.82) is 0 Å². The van der Waals surface area contributed by atoms with Gasteiger partial charge in [0.2, 0.25) is 5.91 Å². The Labute approximate surface area is 392 Å². The third-order valence-electron chi connectivity index (χ3n) is 12.7. The van der Waals surface area contributed by atoms with E-state index in [1.54, 1.807) is 0 Å². The van der Waals surface area contributed by atoms with Gasteiger partial charge in [-0.15, -0.1) is 0 Å². The van der Waals surface area contributed by atoms with Crippen LogP contribution in [-0.4, -0.2) is 47.4 Å². The Bertz CT molecular complexity index is 1020. The molecule has 63 heavy (non-hydrogen) atoms. The Kier molecular flexibility index (Phi) is 51.1. The highest BCUT2D eigenvalue weighted by molar-refractivity contribution is 5.76. The quantitative estimate of drug-likeness (QED) is 0.0321. The number of allylic oxidation sites excluding steroid dienone is 6. The molecule has 0 spiro atoms. The summed E-state index contributed by atoms with van der Waals surface area (Å²) in [6, 6.07) is -0.564. The van der Waals surface area contributed by atoms with Crippen LogP contribution in [0.2, 0.25) is 0 Å². The number of hydrogen-bond donors (Lipinski definition) is 3. The van der Waals surface area contributed by atoms with Crippen LogP contribution in [0, 0.1) is 0 Å². The molecule has 0 saturated heterocycles. The van der Waals surface area contributed by atoms with E-state index in [2.05, 4.69) is 55.6 Å². The Morgan fingerprint density at radius 1 is 0.444 bits per heavy atom. The molecule has 0 aliphatic heterocycles. The van der Waals surface area contributed by atoms with Gasteiger partial charge in [-0.1, -0.05) is 230 Å². The summed E-state index contributed by atoms with van der Waals surface area (Å²) in [5, 5.41) is 23.3. The minimum Gasteiger partial charge on any atom is -0.466 e. The maximum atomic E-state index is 12.5. The van der Waals surface area contributed by atoms with E-state index in [-0.39, 0.29) is 18.5 Å². The zero-order valence-electron chi connectivity index (χ0n) is 42.1. The van der Waals surface area contributed by atoms with E-state index in [1.807, 2.05) is 0 Å². The predicted octanol–water partition coefficient (Wildman–Crippen LogP) is 16.9. The summed E-state index contributed by atoms with van der Waals surface area (Å²) >= 11 is 0. The molecule has 370 valence electrons. The molecular formula is C57H107NO5. The number of ether oxygens (including phenoxy) is 1. The minimum absolute atomic E-state index is 0.0450. The first-order valence-corrected chi connectivity index (χ1v) is 27.7. The second-order valence-electron chi connectivity index (χ2n) is 18.9. The van der Waals surface area contributed by atoms with Crippen LogP contribution in [0.25, 0.3) is 0 Å². The minimum atomic E-state index is -0.684. The molecule has 2 atom stereocenters. The summed E-state index contributed by atoms with van der Waals surface area (Å²) in [5.41, 5.74) is 0. The lowest BCUT2D eigenvalue weighted by Gasteiger charge is -2.22. The van der Waals surface area contributed by atoms with E-state index in [1.165, 1.54) is 161 Å². The Hall–Kier alpha value is -1.92. The maximum Gasteiger partial charge on any atom is 0.305 e. The summed E-state index contributed by atoms with van der Waals surface area (Å²) in [4.78, 5) is 24.5. The standard InChI is InChI=1S/C57H107NO5/c1-3-5-7-9-11-13-15-17-19-20-21-22-23-25-26-29-33-37-41-45-49-55(60)54(53-59)58-56(61)50-46-42-38-34-30-28-32-36-40-44-48-52-63-57(62)51-47-43-39-35-31-27-24-18-16-14-12-10-8-6-4-2/h12,14,18,24,32,36,54-55,59-60H,3-11,13,15-17,19-23,25-31,33-35,37-53H2,1-2H3,(H,58,61)/b14-12-,24-18-,36-32-. The summed E-state index contributed by atoms with van der Waals surface area (Å²) < 4.78 is 5.43. The van der Waals surface area contributed by atoms with Gasteiger partial charge in [0, 0.05) is 12.8 Å². The van der Waals surface area contributed by atoms with E-state index in [9.17, 15) is 19.8 Å². The van der Waals surface area contributed by atoms with Crippen molar-refractivity contribution in [2.75, 3.05) is 13.2 Å². The molecule has 0 fully saturated rings. The van der Waals surface area contributed by atoms with Crippen molar-refractivity contribution in [2.45, 2.75) is 302 Å². The number of carbonyl (C=O) groups is 2. The SMILES string of the molecule is CCCCC/C=C\C/C=C\CCCCCCCC(=O)OCCCC/C=C\CCCCCCCC(=O)NC(CO)C(O)CCCCCCCCCCCCCCCCCCCCCC. The zero-order chi connectivity index (χ0) is 45.8. The third-order valence-corrected chi connectivity index (χ3v) is 12.7. The Morgan fingerprint density at radius 2 is 0.794 bits per heavy atom. The third kappa shape index (κ3) is 49.4. The van der Waals surface area contributed by atoms with Crippen LogP contribution in [0.1, 0.15) is 290 Å². The molecule has 2 unspecified atom stereocenters. The first kappa shape index (κ1) is 61.1. The van der Waals surface area contributed by atoms with E-state index in [4.69, 9.17) is 4.74 Å². The topological polar surface area (TPSA) is 95.9 Å². The summed E-state index contributed by atoms with van der Waals surface area (Å²) in [5.74, 6) is -0.109. The van der Waals surface area contributed by atoms with Crippen molar-refractivity contribution < 1.29 is 24.5 Å².